The van der Waals surface area contributed by atoms with E-state index in [1.807, 2.05) is 6.07 Å². The molecule has 4 nitrogen and oxygen atoms in total. The van der Waals surface area contributed by atoms with Crippen molar-refractivity contribution in [2.75, 3.05) is 18.6 Å². The van der Waals surface area contributed by atoms with Gasteiger partial charge in [-0.25, -0.2) is 13.2 Å². The van der Waals surface area contributed by atoms with E-state index >= 15 is 0 Å². The molecule has 0 aliphatic carbocycles. The minimum absolute atomic E-state index is 0.00306. The van der Waals surface area contributed by atoms with Crippen molar-refractivity contribution in [2.45, 2.75) is 13.2 Å². The van der Waals surface area contributed by atoms with Gasteiger partial charge in [0.1, 0.15) is 29.8 Å². The van der Waals surface area contributed by atoms with Gasteiger partial charge in [-0.1, -0.05) is 6.07 Å². The molecule has 0 saturated carbocycles. The number of rotatable bonds is 4. The second kappa shape index (κ2) is 8.20. The van der Waals surface area contributed by atoms with E-state index in [2.05, 4.69) is 0 Å². The lowest BCUT2D eigenvalue weighted by Crippen LogP contribution is -2.32. The Bertz CT molecular complexity index is 1100. The Morgan fingerprint density at radius 1 is 0.933 bits per heavy atom. The van der Waals surface area contributed by atoms with Crippen molar-refractivity contribution in [3.05, 3.63) is 83.2 Å². The number of methoxy groups -OCH3 is 1. The van der Waals surface area contributed by atoms with E-state index in [4.69, 9.17) is 9.47 Å². The molecular weight excluding hydrogens is 395 g/mol. The number of halogens is 3. The molecule has 30 heavy (non-hydrogen) atoms. The summed E-state index contributed by atoms with van der Waals surface area (Å²) in [5.41, 5.74) is 3.10. The zero-order valence-electron chi connectivity index (χ0n) is 16.1. The number of benzene rings is 3. The average molecular weight is 413 g/mol. The van der Waals surface area contributed by atoms with Gasteiger partial charge in [0.2, 0.25) is 0 Å². The van der Waals surface area contributed by atoms with Crippen LogP contribution in [0, 0.1) is 17.5 Å². The monoisotopic (exact) mass is 413 g/mol. The highest BCUT2D eigenvalue weighted by atomic mass is 19.1. The maximum Gasteiger partial charge on any atom is 0.253 e. The summed E-state index contributed by atoms with van der Waals surface area (Å²) in [6.45, 7) is 0.0389. The van der Waals surface area contributed by atoms with E-state index < -0.39 is 17.5 Å². The highest BCUT2D eigenvalue weighted by molar-refractivity contribution is 5.96. The van der Waals surface area contributed by atoms with Crippen molar-refractivity contribution in [1.82, 2.24) is 0 Å². The Kier molecular flexibility index (Phi) is 5.46. The molecule has 154 valence electrons. The van der Waals surface area contributed by atoms with E-state index in [9.17, 15) is 18.0 Å². The number of hydrogen-bond acceptors (Lipinski definition) is 3. The summed E-state index contributed by atoms with van der Waals surface area (Å²) < 4.78 is 51.5. The summed E-state index contributed by atoms with van der Waals surface area (Å²) in [4.78, 5) is 14.0. The Labute approximate surface area is 171 Å². The smallest absolute Gasteiger partial charge is 0.253 e. The van der Waals surface area contributed by atoms with Gasteiger partial charge in [-0.3, -0.25) is 4.79 Å². The standard InChI is InChI=1S/C23H18F3NO3/c1-29-22-10-17(24)3-4-20(22)15-2-5-21-16(8-15)12-30-13-23(28)27(21)11-14-6-18(25)9-19(26)7-14/h2-10H,11-13H2,1H3. The van der Waals surface area contributed by atoms with Crippen LogP contribution >= 0.6 is 0 Å². The minimum Gasteiger partial charge on any atom is -0.496 e. The first kappa shape index (κ1) is 20.0. The molecule has 0 radical (unpaired) electrons. The molecule has 1 amide bonds. The molecular formula is C23H18F3NO3. The van der Waals surface area contributed by atoms with Crippen molar-refractivity contribution in [3.8, 4) is 16.9 Å². The molecule has 0 unspecified atom stereocenters. The largest absolute Gasteiger partial charge is 0.496 e. The summed E-state index contributed by atoms with van der Waals surface area (Å²) in [6.07, 6.45) is 0. The third-order valence-corrected chi connectivity index (χ3v) is 4.89. The molecule has 0 aromatic heterocycles. The van der Waals surface area contributed by atoms with Crippen molar-refractivity contribution < 1.29 is 27.4 Å². The lowest BCUT2D eigenvalue weighted by atomic mass is 10.0. The summed E-state index contributed by atoms with van der Waals surface area (Å²) in [6, 6.07) is 12.8. The lowest BCUT2D eigenvalue weighted by Gasteiger charge is -2.23. The number of fused-ring (bicyclic) bond motifs is 1. The number of anilines is 1. The van der Waals surface area contributed by atoms with Crippen molar-refractivity contribution in [3.63, 3.8) is 0 Å². The highest BCUT2D eigenvalue weighted by Gasteiger charge is 2.24. The number of amides is 1. The zero-order chi connectivity index (χ0) is 21.3. The topological polar surface area (TPSA) is 38.8 Å². The second-order valence-electron chi connectivity index (χ2n) is 6.94. The molecule has 0 fully saturated rings. The number of carbonyl (C=O) groups excluding carboxylic acids is 1. The number of ether oxygens (including phenoxy) is 2. The third-order valence-electron chi connectivity index (χ3n) is 4.89. The third kappa shape index (κ3) is 4.02. The number of carbonyl (C=O) groups is 1. The maximum atomic E-state index is 13.6. The molecule has 0 spiro atoms. The molecule has 3 aromatic carbocycles. The molecule has 7 heteroatoms. The molecule has 1 aliphatic heterocycles. The average Bonchev–Trinajstić information content (AvgIpc) is 2.85. The molecule has 3 aromatic rings. The van der Waals surface area contributed by atoms with E-state index in [-0.39, 0.29) is 25.7 Å². The van der Waals surface area contributed by atoms with Crippen LogP contribution in [0.5, 0.6) is 5.75 Å². The molecule has 0 N–H and O–H groups in total. The van der Waals surface area contributed by atoms with Crippen LogP contribution < -0.4 is 9.64 Å². The second-order valence-corrected chi connectivity index (χ2v) is 6.94. The highest BCUT2D eigenvalue weighted by Crippen LogP contribution is 2.35. The number of hydrogen-bond donors (Lipinski definition) is 0. The van der Waals surface area contributed by atoms with Crippen LogP contribution in [0.25, 0.3) is 11.1 Å². The first-order valence-electron chi connectivity index (χ1n) is 9.24. The maximum absolute atomic E-state index is 13.6. The molecule has 0 bridgehead atoms. The molecule has 0 atom stereocenters. The summed E-state index contributed by atoms with van der Waals surface area (Å²) in [7, 11) is 1.46. The SMILES string of the molecule is COc1cc(F)ccc1-c1ccc2c(c1)COCC(=O)N2Cc1cc(F)cc(F)c1. The van der Waals surface area contributed by atoms with Gasteiger partial charge in [0, 0.05) is 28.9 Å². The summed E-state index contributed by atoms with van der Waals surface area (Å²) >= 11 is 0. The van der Waals surface area contributed by atoms with E-state index in [1.165, 1.54) is 36.3 Å². The first-order chi connectivity index (χ1) is 14.4. The van der Waals surface area contributed by atoms with Crippen LogP contribution in [0.2, 0.25) is 0 Å². The van der Waals surface area contributed by atoms with Crippen LogP contribution in [0.1, 0.15) is 11.1 Å². The Morgan fingerprint density at radius 2 is 1.70 bits per heavy atom. The predicted octanol–water partition coefficient (Wildman–Crippen LogP) is 4.84. The van der Waals surface area contributed by atoms with Gasteiger partial charge < -0.3 is 14.4 Å². The molecule has 1 aliphatic rings. The van der Waals surface area contributed by atoms with E-state index in [1.54, 1.807) is 18.2 Å². The lowest BCUT2D eigenvalue weighted by molar-refractivity contribution is -0.123. The van der Waals surface area contributed by atoms with E-state index in [0.717, 1.165) is 17.2 Å². The predicted molar refractivity (Wildman–Crippen MR) is 106 cm³/mol. The van der Waals surface area contributed by atoms with Crippen LogP contribution in [0.15, 0.2) is 54.6 Å². The van der Waals surface area contributed by atoms with Gasteiger partial charge >= 0.3 is 0 Å². The summed E-state index contributed by atoms with van der Waals surface area (Å²) in [5.74, 6) is -1.75. The van der Waals surface area contributed by atoms with Crippen LogP contribution in [-0.2, 0) is 22.7 Å². The normalized spacial score (nSPS) is 13.7. The fourth-order valence-corrected chi connectivity index (χ4v) is 3.55. The summed E-state index contributed by atoms with van der Waals surface area (Å²) in [5, 5.41) is 0. The fourth-order valence-electron chi connectivity index (χ4n) is 3.55. The molecule has 1 heterocycles. The van der Waals surface area contributed by atoms with Crippen LogP contribution in [0.4, 0.5) is 18.9 Å². The van der Waals surface area contributed by atoms with Crippen molar-refractivity contribution >= 4 is 11.6 Å². The molecule has 0 saturated heterocycles. The Morgan fingerprint density at radius 3 is 2.43 bits per heavy atom. The van der Waals surface area contributed by atoms with Gasteiger partial charge in [0.25, 0.3) is 5.91 Å². The van der Waals surface area contributed by atoms with Crippen molar-refractivity contribution in [1.29, 1.82) is 0 Å². The van der Waals surface area contributed by atoms with Gasteiger partial charge in [0.05, 0.1) is 20.3 Å². The van der Waals surface area contributed by atoms with Crippen LogP contribution in [0.3, 0.4) is 0 Å². The van der Waals surface area contributed by atoms with Crippen molar-refractivity contribution in [2.24, 2.45) is 0 Å². The first-order valence-corrected chi connectivity index (χ1v) is 9.24. The molecule has 4 rings (SSSR count). The fraction of sp³-hybridized carbons (Fsp3) is 0.174. The van der Waals surface area contributed by atoms with E-state index in [0.29, 0.717) is 22.6 Å². The van der Waals surface area contributed by atoms with Crippen LogP contribution in [-0.4, -0.2) is 19.6 Å². The Hall–Kier alpha value is -3.32. The van der Waals surface area contributed by atoms with Gasteiger partial charge in [-0.05, 0) is 47.5 Å². The zero-order valence-corrected chi connectivity index (χ0v) is 16.1. The van der Waals surface area contributed by atoms with Gasteiger partial charge in [-0.2, -0.15) is 0 Å². The minimum atomic E-state index is -0.706. The number of nitrogens with zero attached hydrogens (tertiary/aromatic N) is 1. The quantitative estimate of drug-likeness (QED) is 0.614. The Balaban J connectivity index is 1.74. The van der Waals surface area contributed by atoms with Gasteiger partial charge in [0.15, 0.2) is 0 Å². The van der Waals surface area contributed by atoms with Gasteiger partial charge in [-0.15, -0.1) is 0 Å².